The van der Waals surface area contributed by atoms with E-state index >= 15 is 0 Å². The van der Waals surface area contributed by atoms with Crippen molar-refractivity contribution in [3.05, 3.63) is 34.8 Å². The summed E-state index contributed by atoms with van der Waals surface area (Å²) in [7, 11) is 0. The number of hydrogen-bond acceptors (Lipinski definition) is 4. The summed E-state index contributed by atoms with van der Waals surface area (Å²) in [5.41, 5.74) is 13.5. The Morgan fingerprint density at radius 2 is 2.19 bits per heavy atom. The standard InChI is InChI=1S/C11H11N3OS/c1-6-8(7-4-2-3-5-14-7)11(13)16-9(6)10(12)15/h2-5H,13H2,1H3,(H2,12,15). The van der Waals surface area contributed by atoms with Gasteiger partial charge in [0.1, 0.15) is 0 Å². The molecule has 0 saturated carbocycles. The molecule has 4 N–H and O–H groups in total. The van der Waals surface area contributed by atoms with Gasteiger partial charge < -0.3 is 11.5 Å². The van der Waals surface area contributed by atoms with Gasteiger partial charge in [0.15, 0.2) is 0 Å². The Balaban J connectivity index is 2.63. The molecule has 0 aromatic carbocycles. The maximum atomic E-state index is 11.2. The molecule has 0 radical (unpaired) electrons. The number of carbonyl (C=O) groups is 1. The van der Waals surface area contributed by atoms with Crippen LogP contribution in [0.3, 0.4) is 0 Å². The van der Waals surface area contributed by atoms with Crippen molar-refractivity contribution in [1.29, 1.82) is 0 Å². The zero-order valence-electron chi connectivity index (χ0n) is 8.73. The number of hydrogen-bond donors (Lipinski definition) is 2. The van der Waals surface area contributed by atoms with E-state index in [1.165, 1.54) is 11.3 Å². The fourth-order valence-corrected chi connectivity index (χ4v) is 2.54. The van der Waals surface area contributed by atoms with E-state index in [2.05, 4.69) is 4.98 Å². The van der Waals surface area contributed by atoms with Crippen LogP contribution in [0.4, 0.5) is 5.00 Å². The number of aromatic nitrogens is 1. The van der Waals surface area contributed by atoms with E-state index in [9.17, 15) is 4.79 Å². The average Bonchev–Trinajstić information content (AvgIpc) is 2.56. The normalized spacial score (nSPS) is 10.3. The Morgan fingerprint density at radius 1 is 1.44 bits per heavy atom. The molecule has 16 heavy (non-hydrogen) atoms. The first kappa shape index (κ1) is 10.6. The monoisotopic (exact) mass is 233 g/mol. The van der Waals surface area contributed by atoms with E-state index in [-0.39, 0.29) is 0 Å². The van der Waals surface area contributed by atoms with Gasteiger partial charge in [-0.1, -0.05) is 6.07 Å². The van der Waals surface area contributed by atoms with Crippen LogP contribution in [0.15, 0.2) is 24.4 Å². The maximum Gasteiger partial charge on any atom is 0.259 e. The number of amides is 1. The van der Waals surface area contributed by atoms with E-state index in [1.54, 1.807) is 6.20 Å². The number of nitrogen functional groups attached to an aromatic ring is 1. The number of nitrogens with zero attached hydrogens (tertiary/aromatic N) is 1. The molecule has 0 spiro atoms. The first-order valence-corrected chi connectivity index (χ1v) is 5.53. The van der Waals surface area contributed by atoms with E-state index < -0.39 is 5.91 Å². The number of pyridine rings is 1. The fraction of sp³-hybridized carbons (Fsp3) is 0.0909. The quantitative estimate of drug-likeness (QED) is 0.829. The molecule has 0 atom stereocenters. The first-order chi connectivity index (χ1) is 7.61. The van der Waals surface area contributed by atoms with Crippen molar-refractivity contribution in [2.24, 2.45) is 5.73 Å². The minimum atomic E-state index is -0.448. The van der Waals surface area contributed by atoms with Gasteiger partial charge in [0.25, 0.3) is 5.91 Å². The number of rotatable bonds is 2. The van der Waals surface area contributed by atoms with Crippen molar-refractivity contribution in [3.63, 3.8) is 0 Å². The van der Waals surface area contributed by atoms with Crippen LogP contribution in [0.2, 0.25) is 0 Å². The van der Waals surface area contributed by atoms with E-state index in [1.807, 2.05) is 25.1 Å². The van der Waals surface area contributed by atoms with E-state index in [0.29, 0.717) is 9.88 Å². The van der Waals surface area contributed by atoms with Crippen LogP contribution in [-0.4, -0.2) is 10.9 Å². The Hall–Kier alpha value is -1.88. The van der Waals surface area contributed by atoms with Gasteiger partial charge in [-0.2, -0.15) is 0 Å². The molecule has 0 aliphatic carbocycles. The van der Waals surface area contributed by atoms with Gasteiger partial charge in [0, 0.05) is 11.8 Å². The number of nitrogens with two attached hydrogens (primary N) is 2. The Morgan fingerprint density at radius 3 is 2.69 bits per heavy atom. The van der Waals surface area contributed by atoms with Crippen LogP contribution in [0, 0.1) is 6.92 Å². The van der Waals surface area contributed by atoms with Gasteiger partial charge in [-0.05, 0) is 24.6 Å². The van der Waals surface area contributed by atoms with E-state index in [0.717, 1.165) is 16.8 Å². The molecule has 0 unspecified atom stereocenters. The largest absolute Gasteiger partial charge is 0.390 e. The second kappa shape index (κ2) is 3.94. The van der Waals surface area contributed by atoms with E-state index in [4.69, 9.17) is 11.5 Å². The molecule has 0 aliphatic rings. The molecule has 2 aromatic heterocycles. The molecular weight excluding hydrogens is 222 g/mol. The molecule has 0 aliphatic heterocycles. The fourth-order valence-electron chi connectivity index (χ4n) is 1.60. The number of carbonyl (C=O) groups excluding carboxylic acids is 1. The molecule has 4 nitrogen and oxygen atoms in total. The molecule has 2 aromatic rings. The highest BCUT2D eigenvalue weighted by molar-refractivity contribution is 7.18. The lowest BCUT2D eigenvalue weighted by Gasteiger charge is -2.00. The highest BCUT2D eigenvalue weighted by Crippen LogP contribution is 2.37. The number of thiophene rings is 1. The van der Waals surface area contributed by atoms with Crippen molar-refractivity contribution in [2.75, 3.05) is 5.73 Å². The molecule has 82 valence electrons. The maximum absolute atomic E-state index is 11.2. The summed E-state index contributed by atoms with van der Waals surface area (Å²) in [5.74, 6) is -0.448. The molecule has 5 heteroatoms. The summed E-state index contributed by atoms with van der Waals surface area (Å²) in [6.07, 6.45) is 1.69. The van der Waals surface area contributed by atoms with Crippen molar-refractivity contribution in [3.8, 4) is 11.3 Å². The van der Waals surface area contributed by atoms with Crippen LogP contribution < -0.4 is 11.5 Å². The van der Waals surface area contributed by atoms with Crippen LogP contribution in [0.5, 0.6) is 0 Å². The molecule has 2 rings (SSSR count). The third kappa shape index (κ3) is 1.65. The Labute approximate surface area is 96.9 Å². The minimum absolute atomic E-state index is 0.448. The summed E-state index contributed by atoms with van der Waals surface area (Å²) in [5, 5.41) is 0.574. The molecule has 0 bridgehead atoms. The predicted molar refractivity (Wildman–Crippen MR) is 65.2 cm³/mol. The van der Waals surface area contributed by atoms with Crippen LogP contribution in [-0.2, 0) is 0 Å². The van der Waals surface area contributed by atoms with Gasteiger partial charge in [-0.15, -0.1) is 11.3 Å². The number of primary amides is 1. The Bertz CT molecular complexity index is 534. The number of anilines is 1. The minimum Gasteiger partial charge on any atom is -0.390 e. The van der Waals surface area contributed by atoms with Crippen molar-refractivity contribution < 1.29 is 4.79 Å². The second-order valence-electron chi connectivity index (χ2n) is 3.37. The third-order valence-corrected chi connectivity index (χ3v) is 3.45. The predicted octanol–water partition coefficient (Wildman–Crippen LogP) is 1.80. The van der Waals surface area contributed by atoms with Crippen molar-refractivity contribution in [2.45, 2.75) is 6.92 Å². The summed E-state index contributed by atoms with van der Waals surface area (Å²) < 4.78 is 0. The van der Waals surface area contributed by atoms with Crippen LogP contribution >= 0.6 is 11.3 Å². The molecule has 2 heterocycles. The SMILES string of the molecule is Cc1c(C(N)=O)sc(N)c1-c1ccccn1. The molecule has 0 fully saturated rings. The molecule has 1 amide bonds. The second-order valence-corrected chi connectivity index (χ2v) is 4.43. The lowest BCUT2D eigenvalue weighted by molar-refractivity contribution is 0.100. The van der Waals surface area contributed by atoms with Crippen molar-refractivity contribution in [1.82, 2.24) is 4.98 Å². The van der Waals surface area contributed by atoms with Gasteiger partial charge in [0.2, 0.25) is 0 Å². The highest BCUT2D eigenvalue weighted by Gasteiger charge is 2.18. The Kier molecular flexibility index (Phi) is 2.62. The first-order valence-electron chi connectivity index (χ1n) is 4.71. The van der Waals surface area contributed by atoms with Gasteiger partial charge >= 0.3 is 0 Å². The zero-order valence-corrected chi connectivity index (χ0v) is 9.54. The molecular formula is C11H11N3OS. The highest BCUT2D eigenvalue weighted by atomic mass is 32.1. The summed E-state index contributed by atoms with van der Waals surface area (Å²) in [6.45, 7) is 1.83. The van der Waals surface area contributed by atoms with Crippen LogP contribution in [0.1, 0.15) is 15.2 Å². The summed E-state index contributed by atoms with van der Waals surface area (Å²) >= 11 is 1.21. The molecule has 0 saturated heterocycles. The van der Waals surface area contributed by atoms with Crippen molar-refractivity contribution >= 4 is 22.2 Å². The lowest BCUT2D eigenvalue weighted by Crippen LogP contribution is -2.10. The summed E-state index contributed by atoms with van der Waals surface area (Å²) in [6, 6.07) is 5.56. The smallest absolute Gasteiger partial charge is 0.259 e. The average molecular weight is 233 g/mol. The van der Waals surface area contributed by atoms with Gasteiger partial charge in [-0.25, -0.2) is 0 Å². The summed E-state index contributed by atoms with van der Waals surface area (Å²) in [4.78, 5) is 15.9. The van der Waals surface area contributed by atoms with Crippen LogP contribution in [0.25, 0.3) is 11.3 Å². The van der Waals surface area contributed by atoms with Gasteiger partial charge in [0.05, 0.1) is 15.6 Å². The topological polar surface area (TPSA) is 82.0 Å². The lowest BCUT2D eigenvalue weighted by atomic mass is 10.1. The zero-order chi connectivity index (χ0) is 11.7. The third-order valence-electron chi connectivity index (χ3n) is 2.32. The van der Waals surface area contributed by atoms with Gasteiger partial charge in [-0.3, -0.25) is 9.78 Å².